The van der Waals surface area contributed by atoms with Crippen molar-refractivity contribution in [1.82, 2.24) is 9.97 Å². The number of halogens is 3. The first-order chi connectivity index (χ1) is 8.75. The molecule has 1 heterocycles. The van der Waals surface area contributed by atoms with E-state index in [1.54, 1.807) is 13.8 Å². The summed E-state index contributed by atoms with van der Waals surface area (Å²) in [5, 5.41) is 2.37. The summed E-state index contributed by atoms with van der Waals surface area (Å²) in [6.07, 6.45) is -3.35. The Balaban J connectivity index is 2.22. The van der Waals surface area contributed by atoms with Gasteiger partial charge in [0.2, 0.25) is 5.88 Å². The highest BCUT2D eigenvalue weighted by Gasteiger charge is 2.64. The molecule has 0 atom stereocenters. The molecule has 3 N–H and O–H groups in total. The average Bonchev–Trinajstić information content (AvgIpc) is 3.03. The fraction of sp³-hybridized carbons (Fsp3) is 0.636. The molecule has 1 saturated carbocycles. The number of nitrogen functional groups attached to an aromatic ring is 1. The molecular weight excluding hydrogens is 261 g/mol. The summed E-state index contributed by atoms with van der Waals surface area (Å²) in [5.74, 6) is 0.0472. The largest absolute Gasteiger partial charge is 0.473 e. The minimum Gasteiger partial charge on any atom is -0.473 e. The van der Waals surface area contributed by atoms with Crippen LogP contribution in [-0.2, 0) is 0 Å². The van der Waals surface area contributed by atoms with Crippen LogP contribution in [0.25, 0.3) is 0 Å². The quantitative estimate of drug-likeness (QED) is 0.883. The summed E-state index contributed by atoms with van der Waals surface area (Å²) in [6.45, 7) is 3.54. The van der Waals surface area contributed by atoms with Gasteiger partial charge in [0.1, 0.15) is 17.6 Å². The van der Waals surface area contributed by atoms with Crippen molar-refractivity contribution in [3.8, 4) is 5.88 Å². The van der Waals surface area contributed by atoms with Crippen molar-refractivity contribution < 1.29 is 17.9 Å². The minimum absolute atomic E-state index is 0.00766. The van der Waals surface area contributed by atoms with E-state index in [0.717, 1.165) is 6.33 Å². The van der Waals surface area contributed by atoms with Gasteiger partial charge in [0, 0.05) is 0 Å². The third kappa shape index (κ3) is 2.66. The van der Waals surface area contributed by atoms with Crippen LogP contribution in [0, 0.1) is 0 Å². The van der Waals surface area contributed by atoms with Gasteiger partial charge >= 0.3 is 6.18 Å². The Bertz CT molecular complexity index is 471. The number of ether oxygens (including phenoxy) is 1. The number of alkyl halides is 3. The molecule has 1 fully saturated rings. The summed E-state index contributed by atoms with van der Waals surface area (Å²) in [7, 11) is 0. The maximum atomic E-state index is 12.8. The van der Waals surface area contributed by atoms with Crippen molar-refractivity contribution in [2.75, 3.05) is 11.1 Å². The second kappa shape index (κ2) is 4.43. The van der Waals surface area contributed by atoms with E-state index in [4.69, 9.17) is 10.5 Å². The molecular formula is C11H15F3N4O. The number of nitrogens with one attached hydrogen (secondary N) is 1. The topological polar surface area (TPSA) is 73.1 Å². The highest BCUT2D eigenvalue weighted by molar-refractivity contribution is 5.68. The van der Waals surface area contributed by atoms with Gasteiger partial charge in [-0.1, -0.05) is 0 Å². The van der Waals surface area contributed by atoms with E-state index < -0.39 is 11.7 Å². The lowest BCUT2D eigenvalue weighted by Gasteiger charge is -2.22. The zero-order valence-electron chi connectivity index (χ0n) is 10.6. The first-order valence-electron chi connectivity index (χ1n) is 5.87. The second-order valence-corrected chi connectivity index (χ2v) is 4.81. The van der Waals surface area contributed by atoms with E-state index in [2.05, 4.69) is 15.3 Å². The highest BCUT2D eigenvalue weighted by Crippen LogP contribution is 2.51. The number of hydrogen-bond donors (Lipinski definition) is 2. The van der Waals surface area contributed by atoms with Crippen molar-refractivity contribution in [3.05, 3.63) is 6.33 Å². The van der Waals surface area contributed by atoms with E-state index in [1.165, 1.54) is 0 Å². The molecule has 0 aromatic carbocycles. The Morgan fingerprint density at radius 3 is 2.47 bits per heavy atom. The monoisotopic (exact) mass is 276 g/mol. The van der Waals surface area contributed by atoms with Gasteiger partial charge in [0.05, 0.1) is 6.10 Å². The zero-order chi connectivity index (χ0) is 14.3. The lowest BCUT2D eigenvalue weighted by atomic mass is 10.2. The van der Waals surface area contributed by atoms with Crippen LogP contribution in [-0.4, -0.2) is 27.8 Å². The summed E-state index contributed by atoms with van der Waals surface area (Å²) >= 11 is 0. The standard InChI is InChI=1S/C11H15F3N4O/c1-6(2)19-9-7(15)8(16-5-17-9)18-10(3-4-10)11(12,13)14/h5-6H,3-4,15H2,1-2H3,(H,16,17,18). The first-order valence-corrected chi connectivity index (χ1v) is 5.87. The minimum atomic E-state index is -4.33. The Kier molecular flexibility index (Phi) is 3.19. The molecule has 1 aliphatic carbocycles. The van der Waals surface area contributed by atoms with E-state index in [0.29, 0.717) is 0 Å². The number of rotatable bonds is 4. The summed E-state index contributed by atoms with van der Waals surface area (Å²) in [4.78, 5) is 7.57. The normalized spacial score (nSPS) is 17.4. The molecule has 0 spiro atoms. The summed E-state index contributed by atoms with van der Waals surface area (Å²) in [6, 6.07) is 0. The molecule has 1 aromatic rings. The molecule has 19 heavy (non-hydrogen) atoms. The average molecular weight is 276 g/mol. The van der Waals surface area contributed by atoms with Crippen molar-refractivity contribution >= 4 is 11.5 Å². The Morgan fingerprint density at radius 1 is 1.37 bits per heavy atom. The van der Waals surface area contributed by atoms with Crippen molar-refractivity contribution in [3.63, 3.8) is 0 Å². The van der Waals surface area contributed by atoms with Gasteiger partial charge in [-0.15, -0.1) is 0 Å². The maximum Gasteiger partial charge on any atom is 0.411 e. The van der Waals surface area contributed by atoms with Crippen molar-refractivity contribution in [2.45, 2.75) is 44.5 Å². The van der Waals surface area contributed by atoms with Crippen LogP contribution in [0.4, 0.5) is 24.7 Å². The van der Waals surface area contributed by atoms with Gasteiger partial charge in [0.25, 0.3) is 0 Å². The van der Waals surface area contributed by atoms with Crippen LogP contribution in [0.5, 0.6) is 5.88 Å². The predicted molar refractivity (Wildman–Crippen MR) is 63.9 cm³/mol. The van der Waals surface area contributed by atoms with Gasteiger partial charge in [-0.2, -0.15) is 18.2 Å². The Labute approximate surface area is 108 Å². The maximum absolute atomic E-state index is 12.8. The van der Waals surface area contributed by atoms with Crippen LogP contribution in [0.15, 0.2) is 6.33 Å². The van der Waals surface area contributed by atoms with Crippen LogP contribution >= 0.6 is 0 Å². The molecule has 1 aromatic heterocycles. The molecule has 0 radical (unpaired) electrons. The predicted octanol–water partition coefficient (Wildman–Crippen LogP) is 2.35. The zero-order valence-corrected chi connectivity index (χ0v) is 10.6. The van der Waals surface area contributed by atoms with E-state index in [9.17, 15) is 13.2 Å². The second-order valence-electron chi connectivity index (χ2n) is 4.81. The van der Waals surface area contributed by atoms with Gasteiger partial charge in [0.15, 0.2) is 5.82 Å². The van der Waals surface area contributed by atoms with Crippen LogP contribution in [0.3, 0.4) is 0 Å². The van der Waals surface area contributed by atoms with Crippen molar-refractivity contribution in [2.24, 2.45) is 0 Å². The molecule has 0 unspecified atom stereocenters. The number of anilines is 2. The fourth-order valence-corrected chi connectivity index (χ4v) is 1.63. The summed E-state index contributed by atoms with van der Waals surface area (Å²) < 4.78 is 43.8. The smallest absolute Gasteiger partial charge is 0.411 e. The molecule has 0 saturated heterocycles. The Morgan fingerprint density at radius 2 is 2.00 bits per heavy atom. The SMILES string of the molecule is CC(C)Oc1ncnc(NC2(C(F)(F)F)CC2)c1N. The van der Waals surface area contributed by atoms with Gasteiger partial charge in [-0.05, 0) is 26.7 Å². The first kappa shape index (κ1) is 13.7. The van der Waals surface area contributed by atoms with Crippen LogP contribution < -0.4 is 15.8 Å². The third-order valence-electron chi connectivity index (χ3n) is 2.84. The van der Waals surface area contributed by atoms with E-state index in [-0.39, 0.29) is 36.3 Å². The van der Waals surface area contributed by atoms with Crippen LogP contribution in [0.1, 0.15) is 26.7 Å². The molecule has 0 aliphatic heterocycles. The molecule has 1 aliphatic rings. The molecule has 0 amide bonds. The lowest BCUT2D eigenvalue weighted by molar-refractivity contribution is -0.151. The van der Waals surface area contributed by atoms with Crippen LogP contribution in [0.2, 0.25) is 0 Å². The third-order valence-corrected chi connectivity index (χ3v) is 2.84. The summed E-state index contributed by atoms with van der Waals surface area (Å²) in [5.41, 5.74) is 3.81. The Hall–Kier alpha value is -1.73. The lowest BCUT2D eigenvalue weighted by Crippen LogP contribution is -2.39. The van der Waals surface area contributed by atoms with Gasteiger partial charge in [-0.25, -0.2) is 4.98 Å². The molecule has 0 bridgehead atoms. The number of nitrogens with two attached hydrogens (primary N) is 1. The van der Waals surface area contributed by atoms with E-state index >= 15 is 0 Å². The molecule has 5 nitrogen and oxygen atoms in total. The fourth-order valence-electron chi connectivity index (χ4n) is 1.63. The van der Waals surface area contributed by atoms with E-state index in [1.807, 2.05) is 0 Å². The number of nitrogens with zero attached hydrogens (tertiary/aromatic N) is 2. The molecule has 8 heteroatoms. The number of aromatic nitrogens is 2. The number of hydrogen-bond acceptors (Lipinski definition) is 5. The molecule has 106 valence electrons. The van der Waals surface area contributed by atoms with Crippen molar-refractivity contribution in [1.29, 1.82) is 0 Å². The highest BCUT2D eigenvalue weighted by atomic mass is 19.4. The van der Waals surface area contributed by atoms with Gasteiger partial charge < -0.3 is 15.8 Å². The molecule has 2 rings (SSSR count). The van der Waals surface area contributed by atoms with Gasteiger partial charge in [-0.3, -0.25) is 0 Å².